The Hall–Kier alpha value is -1.45. The fourth-order valence-electron chi connectivity index (χ4n) is 0.825. The van der Waals surface area contributed by atoms with Gasteiger partial charge in [0, 0.05) is 12.1 Å². The van der Waals surface area contributed by atoms with E-state index in [2.05, 4.69) is 23.6 Å². The molecule has 0 amide bonds. The quantitative estimate of drug-likeness (QED) is 0.629. The Bertz CT molecular complexity index is 267. The molecule has 0 saturated heterocycles. The summed E-state index contributed by atoms with van der Waals surface area (Å²) in [7, 11) is 0. The fraction of sp³-hybridized carbons (Fsp3) is 0.400. The van der Waals surface area contributed by atoms with Gasteiger partial charge < -0.3 is 10.7 Å². The summed E-state index contributed by atoms with van der Waals surface area (Å²) in [6, 6.07) is 0. The first kappa shape index (κ1) is 12.6. The number of nitrogens with zero attached hydrogens (tertiary/aromatic N) is 1. The van der Waals surface area contributed by atoms with Gasteiger partial charge in [-0.1, -0.05) is 6.58 Å². The van der Waals surface area contributed by atoms with Crippen LogP contribution in [0, 0.1) is 5.41 Å². The van der Waals surface area contributed by atoms with E-state index >= 15 is 0 Å². The first-order valence-electron chi connectivity index (χ1n) is 4.29. The molecule has 0 aliphatic rings. The van der Waals surface area contributed by atoms with E-state index < -0.39 is 6.17 Å². The van der Waals surface area contributed by atoms with Crippen LogP contribution < -0.4 is 5.32 Å². The fourth-order valence-corrected chi connectivity index (χ4v) is 0.825. The zero-order valence-corrected chi connectivity index (χ0v) is 8.60. The Balaban J connectivity index is 4.59. The van der Waals surface area contributed by atoms with Gasteiger partial charge in [0.2, 0.25) is 0 Å². The SMILES string of the molecule is C=CC(=N)/C(C)=C(\N=C)NC[C@@H](C)F. The highest BCUT2D eigenvalue weighted by molar-refractivity contribution is 6.05. The molecule has 0 saturated carbocycles. The van der Waals surface area contributed by atoms with E-state index in [1.807, 2.05) is 0 Å². The maximum Gasteiger partial charge on any atom is 0.130 e. The van der Waals surface area contributed by atoms with Gasteiger partial charge in [0.05, 0.1) is 5.71 Å². The van der Waals surface area contributed by atoms with Crippen LogP contribution in [0.3, 0.4) is 0 Å². The molecule has 0 aliphatic carbocycles. The lowest BCUT2D eigenvalue weighted by molar-refractivity contribution is 0.353. The van der Waals surface area contributed by atoms with Crippen molar-refractivity contribution in [1.29, 1.82) is 5.41 Å². The number of rotatable bonds is 6. The molecule has 0 aliphatic heterocycles. The van der Waals surface area contributed by atoms with E-state index in [1.54, 1.807) is 6.92 Å². The average Bonchev–Trinajstić information content (AvgIpc) is 2.16. The third kappa shape index (κ3) is 3.98. The summed E-state index contributed by atoms with van der Waals surface area (Å²) in [4.78, 5) is 3.69. The zero-order chi connectivity index (χ0) is 11.1. The van der Waals surface area contributed by atoms with Crippen molar-refractivity contribution >= 4 is 12.4 Å². The minimum atomic E-state index is -0.961. The van der Waals surface area contributed by atoms with E-state index in [0.717, 1.165) is 0 Å². The number of alkyl halides is 1. The van der Waals surface area contributed by atoms with Crippen LogP contribution in [0.4, 0.5) is 4.39 Å². The Morgan fingerprint density at radius 3 is 2.64 bits per heavy atom. The first-order valence-corrected chi connectivity index (χ1v) is 4.29. The van der Waals surface area contributed by atoms with Crippen LogP contribution in [0.1, 0.15) is 13.8 Å². The van der Waals surface area contributed by atoms with Crippen molar-refractivity contribution in [3.8, 4) is 0 Å². The Labute approximate surface area is 83.9 Å². The summed E-state index contributed by atoms with van der Waals surface area (Å²) < 4.78 is 12.5. The molecule has 2 N–H and O–H groups in total. The van der Waals surface area contributed by atoms with Crippen molar-refractivity contribution in [2.75, 3.05) is 6.54 Å². The van der Waals surface area contributed by atoms with Crippen molar-refractivity contribution < 1.29 is 4.39 Å². The summed E-state index contributed by atoms with van der Waals surface area (Å²) in [5.41, 5.74) is 0.863. The molecule has 0 aromatic heterocycles. The van der Waals surface area contributed by atoms with Crippen LogP contribution in [-0.2, 0) is 0 Å². The van der Waals surface area contributed by atoms with E-state index in [0.29, 0.717) is 11.4 Å². The topological polar surface area (TPSA) is 48.2 Å². The lowest BCUT2D eigenvalue weighted by atomic mass is 10.2. The largest absolute Gasteiger partial charge is 0.367 e. The molecule has 0 fully saturated rings. The van der Waals surface area contributed by atoms with Crippen molar-refractivity contribution in [3.05, 3.63) is 24.0 Å². The standard InChI is InChI=1S/C10H16FN3/c1-5-9(12)8(3)10(13-4)14-6-7(2)11/h5,7,12,14H,1,4,6H2,2-3H3/b10-8+,12-9?/t7-/m1/s1. The van der Waals surface area contributed by atoms with E-state index in [4.69, 9.17) is 5.41 Å². The number of hydrogen-bond donors (Lipinski definition) is 2. The minimum Gasteiger partial charge on any atom is -0.367 e. The lowest BCUT2D eigenvalue weighted by Gasteiger charge is -2.10. The predicted molar refractivity (Wildman–Crippen MR) is 58.7 cm³/mol. The van der Waals surface area contributed by atoms with Gasteiger partial charge in [-0.05, 0) is 26.6 Å². The highest BCUT2D eigenvalue weighted by Gasteiger charge is 2.04. The minimum absolute atomic E-state index is 0.163. The highest BCUT2D eigenvalue weighted by Crippen LogP contribution is 2.04. The van der Waals surface area contributed by atoms with Gasteiger partial charge in [-0.15, -0.1) is 0 Å². The summed E-state index contributed by atoms with van der Waals surface area (Å²) in [6.45, 7) is 10.1. The number of allylic oxidation sites excluding steroid dienone is 2. The van der Waals surface area contributed by atoms with Crippen molar-refractivity contribution in [2.24, 2.45) is 4.99 Å². The van der Waals surface area contributed by atoms with Crippen LogP contribution in [0.5, 0.6) is 0 Å². The molecule has 14 heavy (non-hydrogen) atoms. The van der Waals surface area contributed by atoms with E-state index in [-0.39, 0.29) is 12.3 Å². The van der Waals surface area contributed by atoms with Crippen molar-refractivity contribution in [3.63, 3.8) is 0 Å². The smallest absolute Gasteiger partial charge is 0.130 e. The molecule has 0 bridgehead atoms. The Kier molecular flexibility index (Phi) is 5.44. The Morgan fingerprint density at radius 1 is 1.71 bits per heavy atom. The summed E-state index contributed by atoms with van der Waals surface area (Å²) in [5, 5.41) is 10.2. The lowest BCUT2D eigenvalue weighted by Crippen LogP contribution is -2.22. The molecule has 0 radical (unpaired) electrons. The second kappa shape index (κ2) is 6.07. The monoisotopic (exact) mass is 197 g/mol. The number of nitrogens with one attached hydrogen (secondary N) is 2. The van der Waals surface area contributed by atoms with Crippen LogP contribution >= 0.6 is 0 Å². The molecule has 3 nitrogen and oxygen atoms in total. The maximum atomic E-state index is 12.5. The average molecular weight is 197 g/mol. The third-order valence-corrected chi connectivity index (χ3v) is 1.67. The zero-order valence-electron chi connectivity index (χ0n) is 8.60. The summed E-state index contributed by atoms with van der Waals surface area (Å²) in [5.74, 6) is 0.430. The number of halogens is 1. The highest BCUT2D eigenvalue weighted by atomic mass is 19.1. The van der Waals surface area contributed by atoms with Crippen LogP contribution in [0.25, 0.3) is 0 Å². The molecule has 0 aromatic carbocycles. The van der Waals surface area contributed by atoms with Crippen LogP contribution in [-0.4, -0.2) is 25.1 Å². The molecule has 78 valence electrons. The molecular formula is C10H16FN3. The molecular weight excluding hydrogens is 181 g/mol. The Morgan fingerprint density at radius 2 is 2.29 bits per heavy atom. The van der Waals surface area contributed by atoms with E-state index in [9.17, 15) is 4.39 Å². The second-order valence-corrected chi connectivity index (χ2v) is 2.91. The summed E-state index contributed by atoms with van der Waals surface area (Å²) in [6.07, 6.45) is 0.443. The van der Waals surface area contributed by atoms with Gasteiger partial charge in [0.1, 0.15) is 12.0 Å². The van der Waals surface area contributed by atoms with Gasteiger partial charge in [-0.25, -0.2) is 9.38 Å². The van der Waals surface area contributed by atoms with Crippen molar-refractivity contribution in [1.82, 2.24) is 5.32 Å². The summed E-state index contributed by atoms with van der Waals surface area (Å²) >= 11 is 0. The maximum absolute atomic E-state index is 12.5. The molecule has 0 heterocycles. The van der Waals surface area contributed by atoms with Crippen LogP contribution in [0.15, 0.2) is 29.0 Å². The number of aliphatic imine (C=N–C) groups is 1. The third-order valence-electron chi connectivity index (χ3n) is 1.67. The molecule has 0 spiro atoms. The van der Waals surface area contributed by atoms with Gasteiger partial charge in [0.25, 0.3) is 0 Å². The van der Waals surface area contributed by atoms with Gasteiger partial charge in [0.15, 0.2) is 0 Å². The van der Waals surface area contributed by atoms with Gasteiger partial charge in [-0.2, -0.15) is 0 Å². The molecule has 0 rings (SSSR count). The second-order valence-electron chi connectivity index (χ2n) is 2.91. The van der Waals surface area contributed by atoms with Crippen LogP contribution in [0.2, 0.25) is 0 Å². The predicted octanol–water partition coefficient (Wildman–Crippen LogP) is 2.07. The normalized spacial score (nSPS) is 13.9. The van der Waals surface area contributed by atoms with Crippen molar-refractivity contribution in [2.45, 2.75) is 20.0 Å². The van der Waals surface area contributed by atoms with Gasteiger partial charge in [-0.3, -0.25) is 0 Å². The molecule has 1 atom stereocenters. The van der Waals surface area contributed by atoms with Gasteiger partial charge >= 0.3 is 0 Å². The first-order chi connectivity index (χ1) is 6.52. The molecule has 0 aromatic rings. The molecule has 4 heteroatoms. The molecule has 0 unspecified atom stereocenters. The number of hydrogen-bond acceptors (Lipinski definition) is 3. The van der Waals surface area contributed by atoms with E-state index in [1.165, 1.54) is 13.0 Å².